The molecule has 0 saturated carbocycles. The lowest BCUT2D eigenvalue weighted by Crippen LogP contribution is -2.06. The van der Waals surface area contributed by atoms with Gasteiger partial charge in [-0.3, -0.25) is 9.59 Å². The highest BCUT2D eigenvalue weighted by Gasteiger charge is 2.22. The first-order valence-corrected chi connectivity index (χ1v) is 9.58. The van der Waals surface area contributed by atoms with Crippen LogP contribution in [0.3, 0.4) is 0 Å². The molecule has 29 heavy (non-hydrogen) atoms. The number of carboxylic acid groups (broad SMARTS) is 2. The number of aliphatic hydroxyl groups excluding tert-OH is 1. The lowest BCUT2D eigenvalue weighted by molar-refractivity contribution is -0.143. The first-order valence-electron chi connectivity index (χ1n) is 9.58. The number of aliphatic carboxylic acids is 2. The van der Waals surface area contributed by atoms with E-state index in [-0.39, 0.29) is 12.8 Å². The summed E-state index contributed by atoms with van der Waals surface area (Å²) in [5, 5.41) is 29.5. The summed E-state index contributed by atoms with van der Waals surface area (Å²) in [5.74, 6) is -2.15. The summed E-state index contributed by atoms with van der Waals surface area (Å²) in [5.41, 5.74) is 5.90. The van der Waals surface area contributed by atoms with Crippen molar-refractivity contribution in [2.45, 2.75) is 31.8 Å². The predicted octanol–water partition coefficient (Wildman–Crippen LogP) is 3.25. The van der Waals surface area contributed by atoms with Gasteiger partial charge in [-0.2, -0.15) is 0 Å². The highest BCUT2D eigenvalue weighted by molar-refractivity contribution is 5.84. The lowest BCUT2D eigenvalue weighted by atomic mass is 9.93. The molecule has 2 aromatic rings. The number of carboxylic acids is 2. The molecule has 0 fully saturated rings. The van der Waals surface area contributed by atoms with Crippen LogP contribution in [0.1, 0.15) is 47.6 Å². The van der Waals surface area contributed by atoms with Gasteiger partial charge in [0.05, 0.1) is 18.9 Å². The van der Waals surface area contributed by atoms with Crippen LogP contribution in [0.5, 0.6) is 0 Å². The van der Waals surface area contributed by atoms with Crippen molar-refractivity contribution in [3.8, 4) is 0 Å². The van der Waals surface area contributed by atoms with Gasteiger partial charge in [-0.05, 0) is 47.8 Å². The Balaban J connectivity index is 0.000000321. The first-order chi connectivity index (χ1) is 13.9. The minimum Gasteiger partial charge on any atom is -0.481 e. The Labute approximate surface area is 170 Å². The zero-order valence-electron chi connectivity index (χ0n) is 16.5. The molecule has 6 nitrogen and oxygen atoms in total. The highest BCUT2D eigenvalue weighted by atomic mass is 16.4. The molecule has 2 aromatic carbocycles. The van der Waals surface area contributed by atoms with Gasteiger partial charge in [0, 0.05) is 6.42 Å². The fourth-order valence-electron chi connectivity index (χ4n) is 3.25. The molecule has 0 aromatic heterocycles. The Bertz CT molecular complexity index is 861. The molecule has 0 radical (unpaired) electrons. The average molecular weight is 397 g/mol. The van der Waals surface area contributed by atoms with E-state index in [0.717, 1.165) is 24.1 Å². The summed E-state index contributed by atoms with van der Waals surface area (Å²) in [6, 6.07) is 16.6. The topological polar surface area (TPSA) is 107 Å². The molecule has 6 heteroatoms. The van der Waals surface area contributed by atoms with Gasteiger partial charge in [-0.15, -0.1) is 0 Å². The molecule has 0 spiro atoms. The lowest BCUT2D eigenvalue weighted by Gasteiger charge is -2.13. The van der Waals surface area contributed by atoms with Crippen LogP contribution in [0.2, 0.25) is 0 Å². The predicted molar refractivity (Wildman–Crippen MR) is 112 cm³/mol. The molecule has 0 heterocycles. The molecule has 1 atom stereocenters. The van der Waals surface area contributed by atoms with E-state index < -0.39 is 18.0 Å². The van der Waals surface area contributed by atoms with Gasteiger partial charge in [0.15, 0.2) is 0 Å². The number of hydrogen-bond donors (Lipinski definition) is 4. The van der Waals surface area contributed by atoms with Crippen molar-refractivity contribution in [3.05, 3.63) is 76.9 Å². The summed E-state index contributed by atoms with van der Waals surface area (Å²) >= 11 is 0. The number of fused-ring (bicyclic) bond motifs is 2. The smallest absolute Gasteiger partial charge is 0.303 e. The van der Waals surface area contributed by atoms with Crippen LogP contribution in [0.15, 0.2) is 54.6 Å². The van der Waals surface area contributed by atoms with E-state index in [4.69, 9.17) is 10.2 Å². The largest absolute Gasteiger partial charge is 0.481 e. The van der Waals surface area contributed by atoms with Crippen molar-refractivity contribution >= 4 is 17.5 Å². The molecule has 0 unspecified atom stereocenters. The van der Waals surface area contributed by atoms with E-state index in [0.29, 0.717) is 6.42 Å². The van der Waals surface area contributed by atoms with Gasteiger partial charge < -0.3 is 20.6 Å². The first kappa shape index (κ1) is 22.3. The average Bonchev–Trinajstić information content (AvgIpc) is 2.82. The molecule has 0 amide bonds. The van der Waals surface area contributed by atoms with E-state index in [1.54, 1.807) is 0 Å². The third kappa shape index (κ3) is 6.55. The van der Waals surface area contributed by atoms with E-state index in [1.165, 1.54) is 16.7 Å². The van der Waals surface area contributed by atoms with Gasteiger partial charge >= 0.3 is 11.9 Å². The fraction of sp³-hybridized carbons (Fsp3) is 0.304. The SMILES string of the molecule is CNCC/C=C1\c2ccccc2C[C@@H](O)c2ccccc21.O=C(O)CCC(=O)O. The number of carbonyl (C=O) groups is 2. The van der Waals surface area contributed by atoms with Gasteiger partial charge in [0.25, 0.3) is 0 Å². The van der Waals surface area contributed by atoms with Crippen LogP contribution in [0.25, 0.3) is 5.57 Å². The van der Waals surface area contributed by atoms with Crippen LogP contribution in [-0.2, 0) is 16.0 Å². The van der Waals surface area contributed by atoms with Gasteiger partial charge in [-0.25, -0.2) is 0 Å². The molecule has 4 N–H and O–H groups in total. The Kier molecular flexibility index (Phi) is 8.58. The quantitative estimate of drug-likeness (QED) is 0.558. The van der Waals surface area contributed by atoms with Gasteiger partial charge in [0.2, 0.25) is 0 Å². The van der Waals surface area contributed by atoms with E-state index >= 15 is 0 Å². The standard InChI is InChI=1S/C19H21NO.C4H6O4/c1-20-12-6-11-16-15-8-3-2-7-14(15)13-19(21)18-10-5-4-9-17(16)18;5-3(6)1-2-4(7)8/h2-5,7-11,19-21H,6,12-13H2,1H3;1-2H2,(H,5,6)(H,7,8)/b16-11+;/t19-;/m1./s1. The zero-order valence-corrected chi connectivity index (χ0v) is 16.5. The molecule has 3 rings (SSSR count). The van der Waals surface area contributed by atoms with Crippen molar-refractivity contribution in [2.75, 3.05) is 13.6 Å². The third-order valence-electron chi connectivity index (χ3n) is 4.63. The maximum Gasteiger partial charge on any atom is 0.303 e. The van der Waals surface area contributed by atoms with Crippen LogP contribution in [-0.4, -0.2) is 40.9 Å². The molecular weight excluding hydrogens is 370 g/mol. The molecule has 0 bridgehead atoms. The molecule has 154 valence electrons. The van der Waals surface area contributed by atoms with E-state index in [2.05, 4.69) is 35.7 Å². The van der Waals surface area contributed by atoms with E-state index in [9.17, 15) is 14.7 Å². The van der Waals surface area contributed by atoms with Gasteiger partial charge in [-0.1, -0.05) is 54.6 Å². The summed E-state index contributed by atoms with van der Waals surface area (Å²) in [6.45, 7) is 0.955. The number of benzene rings is 2. The maximum absolute atomic E-state index is 10.5. The number of nitrogens with one attached hydrogen (secondary N) is 1. The highest BCUT2D eigenvalue weighted by Crippen LogP contribution is 2.37. The minimum atomic E-state index is -1.08. The fourth-order valence-corrected chi connectivity index (χ4v) is 3.25. The Morgan fingerprint density at radius 1 is 1.00 bits per heavy atom. The summed E-state index contributed by atoms with van der Waals surface area (Å²) in [4.78, 5) is 19.3. The Morgan fingerprint density at radius 3 is 2.21 bits per heavy atom. The van der Waals surface area contributed by atoms with E-state index in [1.807, 2.05) is 31.3 Å². The molecule has 1 aliphatic carbocycles. The maximum atomic E-state index is 10.5. The Hall–Kier alpha value is -2.96. The normalized spacial score (nSPS) is 16.1. The van der Waals surface area contributed by atoms with Crippen LogP contribution < -0.4 is 5.32 Å². The van der Waals surface area contributed by atoms with Crippen molar-refractivity contribution in [3.63, 3.8) is 0 Å². The second-order valence-electron chi connectivity index (χ2n) is 6.76. The summed E-state index contributed by atoms with van der Waals surface area (Å²) in [7, 11) is 1.97. The van der Waals surface area contributed by atoms with Gasteiger partial charge in [0.1, 0.15) is 0 Å². The van der Waals surface area contributed by atoms with Crippen molar-refractivity contribution in [1.82, 2.24) is 5.32 Å². The van der Waals surface area contributed by atoms with Crippen LogP contribution in [0, 0.1) is 0 Å². The second kappa shape index (κ2) is 11.1. The third-order valence-corrected chi connectivity index (χ3v) is 4.63. The summed E-state index contributed by atoms with van der Waals surface area (Å²) < 4.78 is 0. The molecule has 0 saturated heterocycles. The van der Waals surface area contributed by atoms with Crippen molar-refractivity contribution in [2.24, 2.45) is 0 Å². The number of aliphatic hydroxyl groups is 1. The van der Waals surface area contributed by atoms with Crippen LogP contribution in [0.4, 0.5) is 0 Å². The summed E-state index contributed by atoms with van der Waals surface area (Å²) in [6.07, 6.45) is 2.91. The molecule has 0 aliphatic heterocycles. The van der Waals surface area contributed by atoms with Crippen molar-refractivity contribution in [1.29, 1.82) is 0 Å². The van der Waals surface area contributed by atoms with Crippen molar-refractivity contribution < 1.29 is 24.9 Å². The molecular formula is C23H27NO5. The van der Waals surface area contributed by atoms with Crippen LogP contribution >= 0.6 is 0 Å². The number of rotatable bonds is 6. The second-order valence-corrected chi connectivity index (χ2v) is 6.76. The number of hydrogen-bond acceptors (Lipinski definition) is 4. The monoisotopic (exact) mass is 397 g/mol. The Morgan fingerprint density at radius 2 is 1.59 bits per heavy atom. The minimum absolute atomic E-state index is 0.296. The zero-order chi connectivity index (χ0) is 21.2. The molecule has 1 aliphatic rings.